The van der Waals surface area contributed by atoms with Gasteiger partial charge in [0.25, 0.3) is 5.91 Å². The number of hydroxylamine groups is 2. The van der Waals surface area contributed by atoms with Crippen molar-refractivity contribution in [2.75, 3.05) is 20.7 Å². The van der Waals surface area contributed by atoms with Gasteiger partial charge in [0.15, 0.2) is 11.5 Å². The summed E-state index contributed by atoms with van der Waals surface area (Å²) in [5, 5.41) is 5.15. The van der Waals surface area contributed by atoms with Crippen molar-refractivity contribution in [1.29, 1.82) is 0 Å². The minimum atomic E-state index is -0.277. The fourth-order valence-corrected chi connectivity index (χ4v) is 3.05. The van der Waals surface area contributed by atoms with Gasteiger partial charge in [-0.05, 0) is 11.5 Å². The van der Waals surface area contributed by atoms with Crippen LogP contribution in [0.15, 0.2) is 34.9 Å². The third-order valence-corrected chi connectivity index (χ3v) is 4.21. The number of hydrogen-bond donors (Lipinski definition) is 0. The topological polar surface area (TPSA) is 58.8 Å². The van der Waals surface area contributed by atoms with E-state index in [4.69, 9.17) is 9.36 Å². The molecule has 0 fully saturated rings. The van der Waals surface area contributed by atoms with Crippen LogP contribution in [0.4, 0.5) is 0 Å². The fraction of sp³-hybridized carbons (Fsp3) is 0.412. The molecule has 1 aromatic heterocycles. The lowest BCUT2D eigenvalue weighted by Gasteiger charge is -2.30. The Balaban J connectivity index is 1.80. The molecule has 0 unspecified atom stereocenters. The Morgan fingerprint density at radius 1 is 1.43 bits per heavy atom. The summed E-state index contributed by atoms with van der Waals surface area (Å²) in [6.45, 7) is 4.47. The number of carbonyl (C=O) groups excluding carboxylic acids is 1. The van der Waals surface area contributed by atoms with E-state index >= 15 is 0 Å². The predicted molar refractivity (Wildman–Crippen MR) is 84.6 cm³/mol. The lowest BCUT2D eigenvalue weighted by atomic mass is 9.93. The van der Waals surface area contributed by atoms with Gasteiger partial charge in [-0.25, -0.2) is 5.06 Å². The Hall–Kier alpha value is -2.18. The molecule has 1 aliphatic rings. The summed E-state index contributed by atoms with van der Waals surface area (Å²) >= 11 is 0. The molecule has 1 atom stereocenters. The van der Waals surface area contributed by atoms with Crippen molar-refractivity contribution in [3.8, 4) is 0 Å². The van der Waals surface area contributed by atoms with Crippen LogP contribution in [0.1, 0.15) is 40.2 Å². The van der Waals surface area contributed by atoms with Crippen molar-refractivity contribution >= 4 is 5.91 Å². The van der Waals surface area contributed by atoms with Crippen LogP contribution in [0.5, 0.6) is 0 Å². The zero-order valence-electron chi connectivity index (χ0n) is 13.7. The summed E-state index contributed by atoms with van der Waals surface area (Å²) < 4.78 is 5.45. The zero-order chi connectivity index (χ0) is 16.4. The molecule has 1 amide bonds. The molecular weight excluding hydrogens is 294 g/mol. The molecule has 2 aromatic rings. The molecule has 1 aromatic carbocycles. The molecule has 122 valence electrons. The molecule has 0 aliphatic carbocycles. The summed E-state index contributed by atoms with van der Waals surface area (Å²) in [5.41, 5.74) is 2.53. The molecular formula is C17H21N3O3. The van der Waals surface area contributed by atoms with Gasteiger partial charge in [-0.15, -0.1) is 0 Å². The third-order valence-electron chi connectivity index (χ3n) is 4.21. The van der Waals surface area contributed by atoms with E-state index < -0.39 is 0 Å². The minimum absolute atomic E-state index is 0.179. The van der Waals surface area contributed by atoms with Crippen LogP contribution in [0, 0.1) is 0 Å². The average Bonchev–Trinajstić information content (AvgIpc) is 2.98. The van der Waals surface area contributed by atoms with Crippen molar-refractivity contribution in [3.05, 3.63) is 52.9 Å². The van der Waals surface area contributed by atoms with Crippen molar-refractivity contribution in [2.45, 2.75) is 25.9 Å². The second kappa shape index (κ2) is 6.52. The van der Waals surface area contributed by atoms with Crippen LogP contribution in [0.25, 0.3) is 0 Å². The highest BCUT2D eigenvalue weighted by atomic mass is 16.7. The van der Waals surface area contributed by atoms with Crippen molar-refractivity contribution in [2.24, 2.45) is 0 Å². The molecule has 3 rings (SSSR count). The van der Waals surface area contributed by atoms with Crippen molar-refractivity contribution < 1.29 is 14.2 Å². The molecule has 0 saturated carbocycles. The first-order valence-corrected chi connectivity index (χ1v) is 7.67. The number of benzene rings is 1. The van der Waals surface area contributed by atoms with E-state index in [1.807, 2.05) is 18.2 Å². The number of amides is 1. The second-order valence-electron chi connectivity index (χ2n) is 5.91. The van der Waals surface area contributed by atoms with Gasteiger partial charge in [0.1, 0.15) is 0 Å². The molecule has 0 N–H and O–H groups in total. The molecule has 6 nitrogen and oxygen atoms in total. The van der Waals surface area contributed by atoms with E-state index in [1.54, 1.807) is 7.05 Å². The highest BCUT2D eigenvalue weighted by Gasteiger charge is 2.33. The minimum Gasteiger partial charge on any atom is -0.359 e. The number of fused-ring (bicyclic) bond motifs is 1. The maximum absolute atomic E-state index is 12.3. The zero-order valence-corrected chi connectivity index (χ0v) is 13.7. The standard InChI is InChI=1S/C17H21N3O3/c1-12-9-20(10-13-7-5-4-6-8-13)11-14-15(12)16(18-23-14)17(21)19(2)22-3/h4-8,12H,9-11H2,1-3H3/t12-/m0/s1. The molecule has 0 saturated heterocycles. The van der Waals surface area contributed by atoms with E-state index in [0.29, 0.717) is 12.2 Å². The van der Waals surface area contributed by atoms with E-state index in [2.05, 4.69) is 29.1 Å². The first-order valence-electron chi connectivity index (χ1n) is 7.67. The molecule has 2 heterocycles. The number of hydrogen-bond acceptors (Lipinski definition) is 5. The molecule has 23 heavy (non-hydrogen) atoms. The number of carbonyl (C=O) groups is 1. The number of rotatable bonds is 4. The van der Waals surface area contributed by atoms with Gasteiger partial charge in [0, 0.05) is 25.7 Å². The highest BCUT2D eigenvalue weighted by molar-refractivity contribution is 5.93. The number of aromatic nitrogens is 1. The van der Waals surface area contributed by atoms with Crippen molar-refractivity contribution in [1.82, 2.24) is 15.1 Å². The quantitative estimate of drug-likeness (QED) is 0.811. The Labute approximate surface area is 135 Å². The van der Waals surface area contributed by atoms with Crippen LogP contribution in [0.3, 0.4) is 0 Å². The second-order valence-corrected chi connectivity index (χ2v) is 5.91. The largest absolute Gasteiger partial charge is 0.359 e. The monoisotopic (exact) mass is 315 g/mol. The maximum atomic E-state index is 12.3. The van der Waals surface area contributed by atoms with Gasteiger partial charge in [-0.2, -0.15) is 0 Å². The smallest absolute Gasteiger partial charge is 0.299 e. The van der Waals surface area contributed by atoms with Crippen LogP contribution < -0.4 is 0 Å². The Morgan fingerprint density at radius 3 is 2.87 bits per heavy atom. The van der Waals surface area contributed by atoms with Gasteiger partial charge in [0.05, 0.1) is 13.7 Å². The normalized spacial score (nSPS) is 17.8. The number of nitrogens with zero attached hydrogens (tertiary/aromatic N) is 3. The SMILES string of the molecule is CON(C)C(=O)c1noc2c1[C@@H](C)CN(Cc1ccccc1)C2. The first kappa shape index (κ1) is 15.7. The van der Waals surface area contributed by atoms with Gasteiger partial charge >= 0.3 is 0 Å². The molecule has 1 aliphatic heterocycles. The Morgan fingerprint density at radius 2 is 2.17 bits per heavy atom. The van der Waals surface area contributed by atoms with Gasteiger partial charge in [-0.3, -0.25) is 14.5 Å². The molecule has 0 bridgehead atoms. The van der Waals surface area contributed by atoms with E-state index in [0.717, 1.165) is 24.4 Å². The van der Waals surface area contributed by atoms with Gasteiger partial charge in [0.2, 0.25) is 0 Å². The highest BCUT2D eigenvalue weighted by Crippen LogP contribution is 2.32. The summed E-state index contributed by atoms with van der Waals surface area (Å²) in [7, 11) is 3.02. The van der Waals surface area contributed by atoms with Crippen LogP contribution in [0.2, 0.25) is 0 Å². The van der Waals surface area contributed by atoms with Crippen LogP contribution >= 0.6 is 0 Å². The Bertz CT molecular complexity index is 684. The lowest BCUT2D eigenvalue weighted by Crippen LogP contribution is -2.33. The third kappa shape index (κ3) is 3.13. The first-order chi connectivity index (χ1) is 11.1. The van der Waals surface area contributed by atoms with Gasteiger partial charge in [-0.1, -0.05) is 42.4 Å². The predicted octanol–water partition coefficient (Wildman–Crippen LogP) is 2.43. The average molecular weight is 315 g/mol. The van der Waals surface area contributed by atoms with Crippen LogP contribution in [-0.2, 0) is 17.9 Å². The van der Waals surface area contributed by atoms with E-state index in [9.17, 15) is 4.79 Å². The fourth-order valence-electron chi connectivity index (χ4n) is 3.05. The summed E-state index contributed by atoms with van der Waals surface area (Å²) in [6, 6.07) is 10.3. The summed E-state index contributed by atoms with van der Waals surface area (Å²) in [4.78, 5) is 19.6. The summed E-state index contributed by atoms with van der Waals surface area (Å²) in [5.74, 6) is 0.673. The molecule has 6 heteroatoms. The van der Waals surface area contributed by atoms with Crippen molar-refractivity contribution in [3.63, 3.8) is 0 Å². The lowest BCUT2D eigenvalue weighted by molar-refractivity contribution is -0.0763. The van der Waals surface area contributed by atoms with Gasteiger partial charge < -0.3 is 4.52 Å². The molecule has 0 radical (unpaired) electrons. The van der Waals surface area contributed by atoms with E-state index in [1.165, 1.54) is 17.7 Å². The van der Waals surface area contributed by atoms with E-state index in [-0.39, 0.29) is 11.8 Å². The maximum Gasteiger partial charge on any atom is 0.299 e. The Kier molecular flexibility index (Phi) is 4.45. The molecule has 0 spiro atoms. The summed E-state index contributed by atoms with van der Waals surface area (Å²) in [6.07, 6.45) is 0. The van der Waals surface area contributed by atoms with Crippen LogP contribution in [-0.4, -0.2) is 41.7 Å².